The van der Waals surface area contributed by atoms with Crippen molar-refractivity contribution >= 4 is 23.4 Å². The molecule has 1 atom stereocenters. The van der Waals surface area contributed by atoms with Gasteiger partial charge >= 0.3 is 0 Å². The molecule has 0 radical (unpaired) electrons. The number of anilines is 1. The molecule has 5 heteroatoms. The minimum atomic E-state index is 0.258. The van der Waals surface area contributed by atoms with Crippen molar-refractivity contribution in [3.63, 3.8) is 0 Å². The molecule has 3 rings (SSSR count). The average Bonchev–Trinajstić information content (AvgIpc) is 2.92. The molecule has 1 saturated carbocycles. The fourth-order valence-corrected chi connectivity index (χ4v) is 4.53. The molecule has 2 aliphatic rings. The summed E-state index contributed by atoms with van der Waals surface area (Å²) in [4.78, 5) is 14.6. The van der Waals surface area contributed by atoms with E-state index in [2.05, 4.69) is 5.10 Å². The van der Waals surface area contributed by atoms with Crippen LogP contribution in [0.5, 0.6) is 0 Å². The smallest absolute Gasteiger partial charge is 0.230 e. The number of amides is 1. The van der Waals surface area contributed by atoms with Gasteiger partial charge in [0, 0.05) is 25.7 Å². The van der Waals surface area contributed by atoms with E-state index in [1.54, 1.807) is 10.9 Å². The molecule has 2 fully saturated rings. The van der Waals surface area contributed by atoms with Crippen molar-refractivity contribution < 1.29 is 4.79 Å². The highest BCUT2D eigenvalue weighted by Gasteiger charge is 2.58. The zero-order chi connectivity index (χ0) is 13.5. The highest BCUT2D eigenvalue weighted by molar-refractivity contribution is 7.99. The molecule has 1 aliphatic heterocycles. The topological polar surface area (TPSA) is 38.1 Å². The fourth-order valence-electron chi connectivity index (χ4n) is 3.23. The maximum atomic E-state index is 12.7. The first-order valence-corrected chi connectivity index (χ1v) is 8.19. The predicted molar refractivity (Wildman–Crippen MR) is 78.3 cm³/mol. The lowest BCUT2D eigenvalue weighted by Gasteiger charge is -2.25. The summed E-state index contributed by atoms with van der Waals surface area (Å²) < 4.78 is 1.76. The quantitative estimate of drug-likeness (QED) is 0.852. The molecule has 0 N–H and O–H groups in total. The minimum absolute atomic E-state index is 0.258. The van der Waals surface area contributed by atoms with Crippen molar-refractivity contribution in [2.75, 3.05) is 23.0 Å². The molecule has 1 aromatic rings. The van der Waals surface area contributed by atoms with Gasteiger partial charge in [0.05, 0.1) is 11.9 Å². The second kappa shape index (κ2) is 4.85. The van der Waals surface area contributed by atoms with Gasteiger partial charge in [0.2, 0.25) is 5.91 Å². The number of hydrogen-bond acceptors (Lipinski definition) is 3. The highest BCUT2D eigenvalue weighted by Crippen LogP contribution is 2.61. The summed E-state index contributed by atoms with van der Waals surface area (Å²) in [5.41, 5.74) is 1.28. The first-order chi connectivity index (χ1) is 9.16. The molecule has 1 saturated heterocycles. The SMILES string of the molecule is CCN(C(=O)C1CC12CCSCC2)c1cnn(C)c1. The van der Waals surface area contributed by atoms with Crippen LogP contribution in [0.1, 0.15) is 26.2 Å². The van der Waals surface area contributed by atoms with Crippen LogP contribution in [0.15, 0.2) is 12.4 Å². The van der Waals surface area contributed by atoms with Gasteiger partial charge in [-0.25, -0.2) is 0 Å². The Labute approximate surface area is 118 Å². The lowest BCUT2D eigenvalue weighted by Crippen LogP contribution is -2.34. The van der Waals surface area contributed by atoms with E-state index in [1.165, 1.54) is 24.3 Å². The molecule has 1 aromatic heterocycles. The van der Waals surface area contributed by atoms with Gasteiger partial charge in [-0.15, -0.1) is 0 Å². The number of carbonyl (C=O) groups excluding carboxylic acids is 1. The van der Waals surface area contributed by atoms with Crippen LogP contribution in [-0.4, -0.2) is 33.7 Å². The second-order valence-electron chi connectivity index (χ2n) is 5.69. The standard InChI is InChI=1S/C14H21N3OS/c1-3-17(11-9-15-16(2)10-11)13(18)12-8-14(12)4-6-19-7-5-14/h9-10,12H,3-8H2,1-2H3. The highest BCUT2D eigenvalue weighted by atomic mass is 32.2. The Hall–Kier alpha value is -0.970. The van der Waals surface area contributed by atoms with E-state index in [9.17, 15) is 4.79 Å². The predicted octanol–water partition coefficient (Wildman–Crippen LogP) is 2.31. The first-order valence-electron chi connectivity index (χ1n) is 7.04. The van der Waals surface area contributed by atoms with Gasteiger partial charge in [-0.3, -0.25) is 9.48 Å². The van der Waals surface area contributed by atoms with Gasteiger partial charge < -0.3 is 4.90 Å². The zero-order valence-electron chi connectivity index (χ0n) is 11.6. The number of rotatable bonds is 3. The van der Waals surface area contributed by atoms with Crippen LogP contribution in [0, 0.1) is 11.3 Å². The van der Waals surface area contributed by atoms with Crippen molar-refractivity contribution in [1.82, 2.24) is 9.78 Å². The molecule has 4 nitrogen and oxygen atoms in total. The Morgan fingerprint density at radius 2 is 2.32 bits per heavy atom. The van der Waals surface area contributed by atoms with Crippen molar-refractivity contribution in [3.05, 3.63) is 12.4 Å². The Morgan fingerprint density at radius 3 is 2.89 bits per heavy atom. The van der Waals surface area contributed by atoms with Crippen molar-refractivity contribution in [2.45, 2.75) is 26.2 Å². The van der Waals surface area contributed by atoms with Gasteiger partial charge in [0.25, 0.3) is 0 Å². The van der Waals surface area contributed by atoms with E-state index >= 15 is 0 Å². The Kier molecular flexibility index (Phi) is 3.33. The summed E-state index contributed by atoms with van der Waals surface area (Å²) in [5, 5.41) is 4.17. The van der Waals surface area contributed by atoms with Gasteiger partial charge in [0.1, 0.15) is 0 Å². The average molecular weight is 279 g/mol. The lowest BCUT2D eigenvalue weighted by atomic mass is 9.96. The zero-order valence-corrected chi connectivity index (χ0v) is 12.4. The number of carbonyl (C=O) groups is 1. The third kappa shape index (κ3) is 2.29. The third-order valence-electron chi connectivity index (χ3n) is 4.56. The van der Waals surface area contributed by atoms with Crippen molar-refractivity contribution in [3.8, 4) is 0 Å². The Bertz CT molecular complexity index is 479. The Morgan fingerprint density at radius 1 is 1.58 bits per heavy atom. The second-order valence-corrected chi connectivity index (χ2v) is 6.91. The van der Waals surface area contributed by atoms with Crippen molar-refractivity contribution in [1.29, 1.82) is 0 Å². The summed E-state index contributed by atoms with van der Waals surface area (Å²) in [6, 6.07) is 0. The molecular weight excluding hydrogens is 258 g/mol. The molecule has 0 aromatic carbocycles. The summed E-state index contributed by atoms with van der Waals surface area (Å²) in [5.74, 6) is 3.02. The molecule has 2 heterocycles. The maximum Gasteiger partial charge on any atom is 0.230 e. The van der Waals surface area contributed by atoms with Crippen LogP contribution in [0.25, 0.3) is 0 Å². The minimum Gasteiger partial charge on any atom is -0.310 e. The van der Waals surface area contributed by atoms with Gasteiger partial charge in [-0.1, -0.05) is 0 Å². The number of aromatic nitrogens is 2. The number of aryl methyl sites for hydroxylation is 1. The van der Waals surface area contributed by atoms with E-state index in [0.717, 1.165) is 18.7 Å². The van der Waals surface area contributed by atoms with E-state index in [-0.39, 0.29) is 5.92 Å². The summed E-state index contributed by atoms with van der Waals surface area (Å²) in [6.07, 6.45) is 7.25. The molecule has 19 heavy (non-hydrogen) atoms. The first kappa shape index (κ1) is 13.0. The van der Waals surface area contributed by atoms with Crippen LogP contribution in [0.2, 0.25) is 0 Å². The van der Waals surface area contributed by atoms with Crippen LogP contribution < -0.4 is 4.90 Å². The van der Waals surface area contributed by atoms with Crippen molar-refractivity contribution in [2.24, 2.45) is 18.4 Å². The van der Waals surface area contributed by atoms with Gasteiger partial charge in [-0.05, 0) is 43.1 Å². The molecule has 0 bridgehead atoms. The van der Waals surface area contributed by atoms with E-state index in [1.807, 2.05) is 36.8 Å². The number of thioether (sulfide) groups is 1. The summed E-state index contributed by atoms with van der Waals surface area (Å²) in [6.45, 7) is 2.77. The molecular formula is C14H21N3OS. The van der Waals surface area contributed by atoms with Crippen LogP contribution in [0.4, 0.5) is 5.69 Å². The lowest BCUT2D eigenvalue weighted by molar-refractivity contribution is -0.120. The molecule has 104 valence electrons. The monoisotopic (exact) mass is 279 g/mol. The summed E-state index contributed by atoms with van der Waals surface area (Å²) in [7, 11) is 1.89. The normalized spacial score (nSPS) is 24.4. The maximum absolute atomic E-state index is 12.7. The number of hydrogen-bond donors (Lipinski definition) is 0. The van der Waals surface area contributed by atoms with E-state index in [4.69, 9.17) is 0 Å². The fraction of sp³-hybridized carbons (Fsp3) is 0.714. The molecule has 1 amide bonds. The molecule has 1 aliphatic carbocycles. The van der Waals surface area contributed by atoms with E-state index in [0.29, 0.717) is 11.3 Å². The number of nitrogens with zero attached hydrogens (tertiary/aromatic N) is 3. The summed E-state index contributed by atoms with van der Waals surface area (Å²) >= 11 is 2.03. The largest absolute Gasteiger partial charge is 0.310 e. The van der Waals surface area contributed by atoms with Crippen LogP contribution in [-0.2, 0) is 11.8 Å². The third-order valence-corrected chi connectivity index (χ3v) is 5.55. The Balaban J connectivity index is 1.73. The van der Waals surface area contributed by atoms with Gasteiger partial charge in [0.15, 0.2) is 0 Å². The molecule has 1 unspecified atom stereocenters. The molecule has 1 spiro atoms. The van der Waals surface area contributed by atoms with Gasteiger partial charge in [-0.2, -0.15) is 16.9 Å². The van der Waals surface area contributed by atoms with Crippen LogP contribution in [0.3, 0.4) is 0 Å². The van der Waals surface area contributed by atoms with E-state index < -0.39 is 0 Å². The van der Waals surface area contributed by atoms with Crippen LogP contribution >= 0.6 is 11.8 Å².